The van der Waals surface area contributed by atoms with Crippen molar-refractivity contribution in [2.45, 2.75) is 0 Å². The van der Waals surface area contributed by atoms with Gasteiger partial charge in [-0.1, -0.05) is 24.3 Å². The number of hydrogen-bond acceptors (Lipinski definition) is 2. The number of aryl methyl sites for hydroxylation is 1. The third-order valence-corrected chi connectivity index (χ3v) is 2.78. The molecule has 0 saturated heterocycles. The quantitative estimate of drug-likeness (QED) is 0.622. The highest BCUT2D eigenvalue weighted by Gasteiger charge is 2.03. The number of nitrogens with zero attached hydrogens (tertiary/aromatic N) is 1. The minimum atomic E-state index is -0.318. The summed E-state index contributed by atoms with van der Waals surface area (Å²) in [4.78, 5) is 11.4. The molecule has 0 spiro atoms. The second kappa shape index (κ2) is 5.96. The predicted molar refractivity (Wildman–Crippen MR) is 74.3 cm³/mol. The van der Waals surface area contributed by atoms with Gasteiger partial charge in [0.2, 0.25) is 0 Å². The van der Waals surface area contributed by atoms with Gasteiger partial charge in [-0.05, 0) is 23.3 Å². The second-order valence-electron chi connectivity index (χ2n) is 4.25. The van der Waals surface area contributed by atoms with Crippen LogP contribution < -0.4 is 4.57 Å². The van der Waals surface area contributed by atoms with Crippen molar-refractivity contribution in [1.82, 2.24) is 0 Å². The first kappa shape index (κ1) is 13.0. The van der Waals surface area contributed by atoms with E-state index in [0.717, 1.165) is 11.1 Å². The summed E-state index contributed by atoms with van der Waals surface area (Å²) in [6, 6.07) is 11.4. The van der Waals surface area contributed by atoms with Crippen molar-refractivity contribution in [3.8, 4) is 0 Å². The van der Waals surface area contributed by atoms with Crippen molar-refractivity contribution >= 4 is 18.1 Å². The molecule has 0 N–H and O–H groups in total. The lowest BCUT2D eigenvalue weighted by Crippen LogP contribution is -2.25. The summed E-state index contributed by atoms with van der Waals surface area (Å²) in [5, 5.41) is 0. The second-order valence-corrected chi connectivity index (χ2v) is 4.25. The third kappa shape index (κ3) is 3.52. The highest BCUT2D eigenvalue weighted by molar-refractivity contribution is 5.90. The van der Waals surface area contributed by atoms with E-state index in [4.69, 9.17) is 4.74 Å². The van der Waals surface area contributed by atoms with Crippen molar-refractivity contribution in [2.24, 2.45) is 7.05 Å². The van der Waals surface area contributed by atoms with E-state index in [2.05, 4.69) is 0 Å². The van der Waals surface area contributed by atoms with Gasteiger partial charge in [-0.3, -0.25) is 0 Å². The number of aromatic nitrogens is 1. The number of methoxy groups -OCH3 is 1. The summed E-state index contributed by atoms with van der Waals surface area (Å²) >= 11 is 0. The van der Waals surface area contributed by atoms with Crippen LogP contribution in [0.3, 0.4) is 0 Å². The molecule has 1 aromatic heterocycles. The van der Waals surface area contributed by atoms with Gasteiger partial charge in [-0.2, -0.15) is 0 Å². The first-order chi connectivity index (χ1) is 9.19. The molecule has 0 atom stereocenters. The number of benzene rings is 1. The van der Waals surface area contributed by atoms with Crippen LogP contribution in [0.4, 0.5) is 0 Å². The molecule has 0 aliphatic rings. The van der Waals surface area contributed by atoms with Crippen molar-refractivity contribution in [3.05, 3.63) is 65.5 Å². The zero-order valence-electron chi connectivity index (χ0n) is 11.0. The molecule has 0 radical (unpaired) electrons. The zero-order valence-corrected chi connectivity index (χ0v) is 11.0. The molecule has 0 bridgehead atoms. The highest BCUT2D eigenvalue weighted by atomic mass is 16.5. The molecule has 0 unspecified atom stereocenters. The maximum atomic E-state index is 11.4. The Morgan fingerprint density at radius 1 is 1.11 bits per heavy atom. The van der Waals surface area contributed by atoms with Crippen molar-refractivity contribution in [1.29, 1.82) is 0 Å². The Balaban J connectivity index is 2.19. The molecule has 2 rings (SSSR count). The van der Waals surface area contributed by atoms with Gasteiger partial charge >= 0.3 is 5.97 Å². The Kier molecular flexibility index (Phi) is 4.08. The lowest BCUT2D eigenvalue weighted by molar-refractivity contribution is -0.671. The fourth-order valence-corrected chi connectivity index (χ4v) is 1.70. The zero-order chi connectivity index (χ0) is 13.7. The van der Waals surface area contributed by atoms with Crippen molar-refractivity contribution < 1.29 is 14.1 Å². The van der Waals surface area contributed by atoms with E-state index < -0.39 is 0 Å². The Hall–Kier alpha value is -2.42. The predicted octanol–water partition coefficient (Wildman–Crippen LogP) is 2.47. The molecule has 1 aromatic carbocycles. The van der Waals surface area contributed by atoms with E-state index in [1.807, 2.05) is 66.5 Å². The van der Waals surface area contributed by atoms with Gasteiger partial charge in [0.1, 0.15) is 7.05 Å². The number of ether oxygens (including phenoxy) is 1. The molecule has 0 saturated carbocycles. The average Bonchev–Trinajstić information content (AvgIpc) is 2.46. The number of rotatable bonds is 3. The van der Waals surface area contributed by atoms with Gasteiger partial charge in [0, 0.05) is 12.1 Å². The van der Waals surface area contributed by atoms with E-state index in [0.29, 0.717) is 5.56 Å². The Morgan fingerprint density at radius 3 is 2.47 bits per heavy atom. The van der Waals surface area contributed by atoms with Crippen LogP contribution >= 0.6 is 0 Å². The van der Waals surface area contributed by atoms with Gasteiger partial charge in [0.15, 0.2) is 12.4 Å². The Labute approximate surface area is 112 Å². The van der Waals surface area contributed by atoms with Crippen LogP contribution in [0.1, 0.15) is 21.5 Å². The van der Waals surface area contributed by atoms with Crippen LogP contribution in [0.2, 0.25) is 0 Å². The number of esters is 1. The monoisotopic (exact) mass is 254 g/mol. The summed E-state index contributed by atoms with van der Waals surface area (Å²) < 4.78 is 6.68. The van der Waals surface area contributed by atoms with Crippen LogP contribution in [0.5, 0.6) is 0 Å². The first-order valence-electron chi connectivity index (χ1n) is 6.01. The lowest BCUT2D eigenvalue weighted by atomic mass is 10.1. The molecule has 2 aromatic rings. The number of carbonyl (C=O) groups excluding carboxylic acids is 1. The smallest absolute Gasteiger partial charge is 0.337 e. The lowest BCUT2D eigenvalue weighted by Gasteiger charge is -2.00. The molecular formula is C16H16NO2+. The third-order valence-electron chi connectivity index (χ3n) is 2.78. The van der Waals surface area contributed by atoms with E-state index in [9.17, 15) is 4.79 Å². The van der Waals surface area contributed by atoms with E-state index in [1.54, 1.807) is 6.07 Å². The summed E-state index contributed by atoms with van der Waals surface area (Å²) in [5.41, 5.74) is 2.64. The molecule has 1 heterocycles. The number of carbonyl (C=O) groups is 1. The minimum Gasteiger partial charge on any atom is -0.465 e. The van der Waals surface area contributed by atoms with Gasteiger partial charge < -0.3 is 4.74 Å². The van der Waals surface area contributed by atoms with Crippen molar-refractivity contribution in [2.75, 3.05) is 7.11 Å². The van der Waals surface area contributed by atoms with Crippen LogP contribution in [0, 0.1) is 0 Å². The molecule has 0 aliphatic carbocycles. The Bertz CT molecular complexity index is 600. The molecule has 0 aliphatic heterocycles. The minimum absolute atomic E-state index is 0.318. The molecule has 3 heteroatoms. The fraction of sp³-hybridized carbons (Fsp3) is 0.125. The van der Waals surface area contributed by atoms with E-state index in [1.165, 1.54) is 7.11 Å². The molecule has 96 valence electrons. The largest absolute Gasteiger partial charge is 0.465 e. The molecule has 0 fully saturated rings. The molecule has 0 amide bonds. The topological polar surface area (TPSA) is 30.2 Å². The van der Waals surface area contributed by atoms with Crippen LogP contribution in [0.15, 0.2) is 48.8 Å². The standard InChI is InChI=1S/C16H16NO2/c1-17-10-8-13(9-11-17)6-7-14-4-3-5-15(12-14)16(18)19-2/h3-12H,1-2H3/q+1/b7-6+. The first-order valence-corrected chi connectivity index (χ1v) is 6.01. The van der Waals surface area contributed by atoms with Crippen LogP contribution in [-0.2, 0) is 11.8 Å². The fourth-order valence-electron chi connectivity index (χ4n) is 1.70. The highest BCUT2D eigenvalue weighted by Crippen LogP contribution is 2.10. The number of pyridine rings is 1. The van der Waals surface area contributed by atoms with E-state index in [-0.39, 0.29) is 5.97 Å². The molecule has 19 heavy (non-hydrogen) atoms. The van der Waals surface area contributed by atoms with Gasteiger partial charge in [-0.25, -0.2) is 9.36 Å². The maximum absolute atomic E-state index is 11.4. The van der Waals surface area contributed by atoms with Gasteiger partial charge in [0.05, 0.1) is 12.7 Å². The van der Waals surface area contributed by atoms with Crippen LogP contribution in [0.25, 0.3) is 12.2 Å². The molecule has 3 nitrogen and oxygen atoms in total. The van der Waals surface area contributed by atoms with E-state index >= 15 is 0 Å². The molecular weight excluding hydrogens is 238 g/mol. The van der Waals surface area contributed by atoms with Gasteiger partial charge in [-0.15, -0.1) is 0 Å². The number of hydrogen-bond donors (Lipinski definition) is 0. The average molecular weight is 254 g/mol. The summed E-state index contributed by atoms with van der Waals surface area (Å²) in [5.74, 6) is -0.318. The van der Waals surface area contributed by atoms with Crippen molar-refractivity contribution in [3.63, 3.8) is 0 Å². The van der Waals surface area contributed by atoms with Crippen LogP contribution in [-0.4, -0.2) is 13.1 Å². The summed E-state index contributed by atoms with van der Waals surface area (Å²) in [6.45, 7) is 0. The summed E-state index contributed by atoms with van der Waals surface area (Å²) in [6.07, 6.45) is 7.97. The Morgan fingerprint density at radius 2 is 1.79 bits per heavy atom. The van der Waals surface area contributed by atoms with Gasteiger partial charge in [0.25, 0.3) is 0 Å². The summed E-state index contributed by atoms with van der Waals surface area (Å²) in [7, 11) is 3.36. The normalized spacial score (nSPS) is 10.6. The maximum Gasteiger partial charge on any atom is 0.337 e. The SMILES string of the molecule is COC(=O)c1cccc(/C=C/c2cc[n+](C)cc2)c1.